The Morgan fingerprint density at radius 1 is 1.32 bits per heavy atom. The average molecular weight is 342 g/mol. The van der Waals surface area contributed by atoms with E-state index in [1.165, 1.54) is 0 Å². The summed E-state index contributed by atoms with van der Waals surface area (Å²) >= 11 is 0. The topological polar surface area (TPSA) is 67.2 Å². The first-order chi connectivity index (χ1) is 12.1. The standard InChI is InChI=1S/C18H22N4O3/c1-25-11-10-20-8-5-18(17(20)24)6-9-21(13-18)16(23)15-12-14-4-2-3-7-22(14)19-15/h2-4,7,12H,5-6,8-11,13H2,1H3. The Balaban J connectivity index is 1.48. The van der Waals surface area contributed by atoms with Gasteiger partial charge in [0, 0.05) is 39.5 Å². The van der Waals surface area contributed by atoms with Gasteiger partial charge in [-0.15, -0.1) is 0 Å². The molecule has 7 heteroatoms. The quantitative estimate of drug-likeness (QED) is 0.833. The number of nitrogens with zero attached hydrogens (tertiary/aromatic N) is 4. The SMILES string of the molecule is COCCN1CCC2(CCN(C(=O)c3cc4ccccn4n3)C2)C1=O. The summed E-state index contributed by atoms with van der Waals surface area (Å²) in [6, 6.07) is 7.52. The molecule has 2 aliphatic heterocycles. The van der Waals surface area contributed by atoms with E-state index in [0.29, 0.717) is 31.9 Å². The maximum absolute atomic E-state index is 12.8. The number of ether oxygens (including phenoxy) is 1. The molecule has 132 valence electrons. The Kier molecular flexibility index (Phi) is 3.95. The second-order valence-electron chi connectivity index (χ2n) is 6.89. The van der Waals surface area contributed by atoms with Crippen LogP contribution in [0.3, 0.4) is 0 Å². The van der Waals surface area contributed by atoms with Crippen LogP contribution >= 0.6 is 0 Å². The molecule has 2 aromatic rings. The summed E-state index contributed by atoms with van der Waals surface area (Å²) < 4.78 is 6.78. The second-order valence-corrected chi connectivity index (χ2v) is 6.89. The van der Waals surface area contributed by atoms with Crippen LogP contribution in [0.1, 0.15) is 23.3 Å². The molecule has 2 saturated heterocycles. The van der Waals surface area contributed by atoms with Crippen molar-refractivity contribution in [1.82, 2.24) is 19.4 Å². The van der Waals surface area contributed by atoms with Gasteiger partial charge in [-0.1, -0.05) is 6.07 Å². The summed E-state index contributed by atoms with van der Waals surface area (Å²) in [5, 5.41) is 4.36. The first kappa shape index (κ1) is 16.1. The molecule has 7 nitrogen and oxygen atoms in total. The fraction of sp³-hybridized carbons (Fsp3) is 0.500. The molecule has 2 aliphatic rings. The number of amides is 2. The van der Waals surface area contributed by atoms with E-state index in [4.69, 9.17) is 4.74 Å². The minimum atomic E-state index is -0.414. The van der Waals surface area contributed by atoms with E-state index in [0.717, 1.165) is 24.9 Å². The van der Waals surface area contributed by atoms with Crippen molar-refractivity contribution < 1.29 is 14.3 Å². The van der Waals surface area contributed by atoms with Gasteiger partial charge in [0.15, 0.2) is 5.69 Å². The predicted octanol–water partition coefficient (Wildman–Crippen LogP) is 1.05. The first-order valence-corrected chi connectivity index (χ1v) is 8.65. The molecular weight excluding hydrogens is 320 g/mol. The van der Waals surface area contributed by atoms with Crippen molar-refractivity contribution in [2.24, 2.45) is 5.41 Å². The highest BCUT2D eigenvalue weighted by molar-refractivity contribution is 5.95. The van der Waals surface area contributed by atoms with Crippen LogP contribution in [0.15, 0.2) is 30.5 Å². The summed E-state index contributed by atoms with van der Waals surface area (Å²) in [6.45, 7) is 3.01. The Morgan fingerprint density at radius 2 is 2.16 bits per heavy atom. The molecule has 0 aromatic carbocycles. The summed E-state index contributed by atoms with van der Waals surface area (Å²) in [5.41, 5.74) is 0.912. The molecule has 4 heterocycles. The third-order valence-corrected chi connectivity index (χ3v) is 5.40. The molecule has 2 aromatic heterocycles. The zero-order valence-corrected chi connectivity index (χ0v) is 14.4. The van der Waals surface area contributed by atoms with Crippen molar-refractivity contribution in [3.05, 3.63) is 36.2 Å². The van der Waals surface area contributed by atoms with Gasteiger partial charge in [-0.3, -0.25) is 9.59 Å². The van der Waals surface area contributed by atoms with E-state index >= 15 is 0 Å². The van der Waals surface area contributed by atoms with Crippen LogP contribution < -0.4 is 0 Å². The van der Waals surface area contributed by atoms with Crippen LogP contribution in [-0.4, -0.2) is 71.1 Å². The molecule has 1 unspecified atom stereocenters. The Hall–Kier alpha value is -2.41. The van der Waals surface area contributed by atoms with Gasteiger partial charge >= 0.3 is 0 Å². The third kappa shape index (κ3) is 2.68. The molecule has 2 fully saturated rings. The maximum Gasteiger partial charge on any atom is 0.274 e. The molecule has 2 amide bonds. The van der Waals surface area contributed by atoms with Crippen LogP contribution in [0.5, 0.6) is 0 Å². The van der Waals surface area contributed by atoms with Gasteiger partial charge in [-0.25, -0.2) is 4.52 Å². The summed E-state index contributed by atoms with van der Waals surface area (Å²) in [5.74, 6) is 0.0681. The Morgan fingerprint density at radius 3 is 2.96 bits per heavy atom. The van der Waals surface area contributed by atoms with E-state index < -0.39 is 5.41 Å². The second kappa shape index (κ2) is 6.15. The van der Waals surface area contributed by atoms with Crippen molar-refractivity contribution in [2.75, 3.05) is 39.9 Å². The van der Waals surface area contributed by atoms with Gasteiger partial charge in [-0.05, 0) is 31.0 Å². The lowest BCUT2D eigenvalue weighted by Crippen LogP contribution is -2.39. The Labute approximate surface area is 146 Å². The van der Waals surface area contributed by atoms with Gasteiger partial charge in [0.2, 0.25) is 5.91 Å². The summed E-state index contributed by atoms with van der Waals surface area (Å²) in [7, 11) is 1.64. The largest absolute Gasteiger partial charge is 0.383 e. The van der Waals surface area contributed by atoms with E-state index in [1.807, 2.05) is 29.3 Å². The Bertz CT molecular complexity index is 785. The number of hydrogen-bond acceptors (Lipinski definition) is 4. The number of likely N-dealkylation sites (tertiary alicyclic amines) is 2. The number of hydrogen-bond donors (Lipinski definition) is 0. The molecule has 0 aliphatic carbocycles. The number of aromatic nitrogens is 2. The van der Waals surface area contributed by atoms with E-state index in [1.54, 1.807) is 22.6 Å². The van der Waals surface area contributed by atoms with Crippen LogP contribution in [0.25, 0.3) is 5.52 Å². The molecule has 0 saturated carbocycles. The molecule has 0 N–H and O–H groups in total. The fourth-order valence-corrected chi connectivity index (χ4v) is 3.94. The van der Waals surface area contributed by atoms with E-state index in [2.05, 4.69) is 5.10 Å². The number of pyridine rings is 1. The average Bonchev–Trinajstić information content (AvgIpc) is 3.32. The molecule has 1 atom stereocenters. The lowest BCUT2D eigenvalue weighted by molar-refractivity contribution is -0.135. The number of carbonyl (C=O) groups excluding carboxylic acids is 2. The monoisotopic (exact) mass is 342 g/mol. The fourth-order valence-electron chi connectivity index (χ4n) is 3.94. The predicted molar refractivity (Wildman–Crippen MR) is 91.2 cm³/mol. The van der Waals surface area contributed by atoms with Crippen molar-refractivity contribution in [3.8, 4) is 0 Å². The molecule has 0 radical (unpaired) electrons. The minimum absolute atomic E-state index is 0.0938. The molecular formula is C18H22N4O3. The molecule has 4 rings (SSSR count). The van der Waals surface area contributed by atoms with Crippen LogP contribution in [0.2, 0.25) is 0 Å². The molecule has 1 spiro atoms. The van der Waals surface area contributed by atoms with Gasteiger partial charge in [0.1, 0.15) is 0 Å². The maximum atomic E-state index is 12.8. The minimum Gasteiger partial charge on any atom is -0.383 e. The molecule has 25 heavy (non-hydrogen) atoms. The number of rotatable bonds is 4. The van der Waals surface area contributed by atoms with Gasteiger partial charge in [0.05, 0.1) is 17.5 Å². The zero-order valence-electron chi connectivity index (χ0n) is 14.4. The van der Waals surface area contributed by atoms with Gasteiger partial charge in [0.25, 0.3) is 5.91 Å². The third-order valence-electron chi connectivity index (χ3n) is 5.40. The highest BCUT2D eigenvalue weighted by Crippen LogP contribution is 2.40. The lowest BCUT2D eigenvalue weighted by atomic mass is 9.85. The van der Waals surface area contributed by atoms with Gasteiger partial charge < -0.3 is 14.5 Å². The van der Waals surface area contributed by atoms with Crippen molar-refractivity contribution >= 4 is 17.3 Å². The first-order valence-electron chi connectivity index (χ1n) is 8.65. The highest BCUT2D eigenvalue weighted by atomic mass is 16.5. The zero-order chi connectivity index (χ0) is 17.4. The summed E-state index contributed by atoms with van der Waals surface area (Å²) in [4.78, 5) is 29.3. The lowest BCUT2D eigenvalue weighted by Gasteiger charge is -2.23. The van der Waals surface area contributed by atoms with Crippen molar-refractivity contribution in [2.45, 2.75) is 12.8 Å². The van der Waals surface area contributed by atoms with Crippen LogP contribution in [-0.2, 0) is 9.53 Å². The van der Waals surface area contributed by atoms with Gasteiger partial charge in [-0.2, -0.15) is 5.10 Å². The smallest absolute Gasteiger partial charge is 0.274 e. The van der Waals surface area contributed by atoms with Crippen molar-refractivity contribution in [1.29, 1.82) is 0 Å². The number of fused-ring (bicyclic) bond motifs is 1. The van der Waals surface area contributed by atoms with E-state index in [-0.39, 0.29) is 11.8 Å². The summed E-state index contributed by atoms with van der Waals surface area (Å²) in [6.07, 6.45) is 3.37. The van der Waals surface area contributed by atoms with E-state index in [9.17, 15) is 9.59 Å². The van der Waals surface area contributed by atoms with Crippen LogP contribution in [0, 0.1) is 5.41 Å². The highest BCUT2D eigenvalue weighted by Gasteiger charge is 2.51. The van der Waals surface area contributed by atoms with Crippen molar-refractivity contribution in [3.63, 3.8) is 0 Å². The van der Waals surface area contributed by atoms with Crippen LogP contribution in [0.4, 0.5) is 0 Å². The normalized spacial score (nSPS) is 23.3. The number of carbonyl (C=O) groups is 2. The number of methoxy groups -OCH3 is 1. The molecule has 0 bridgehead atoms.